The highest BCUT2D eigenvalue weighted by Crippen LogP contribution is 2.22. The first-order valence-electron chi connectivity index (χ1n) is 9.17. The molecule has 26 heavy (non-hydrogen) atoms. The standard InChI is InChI=1S/C20H16O2.2C2H6/c1-15-7-9-18(10-8-15)20(21)22-19-13-11-17(12-14-19)16-5-3-2-4-6-16;2*1-2/h2-14H,1H3;2*1-2H3. The van der Waals surface area contributed by atoms with Crippen LogP contribution >= 0.6 is 0 Å². The van der Waals surface area contributed by atoms with Crippen molar-refractivity contribution in [3.8, 4) is 16.9 Å². The van der Waals surface area contributed by atoms with E-state index in [-0.39, 0.29) is 5.97 Å². The summed E-state index contributed by atoms with van der Waals surface area (Å²) in [5.41, 5.74) is 3.90. The number of ether oxygens (including phenoxy) is 1. The van der Waals surface area contributed by atoms with E-state index < -0.39 is 0 Å². The van der Waals surface area contributed by atoms with E-state index in [0.29, 0.717) is 11.3 Å². The Kier molecular flexibility index (Phi) is 9.48. The van der Waals surface area contributed by atoms with E-state index in [4.69, 9.17) is 4.74 Å². The van der Waals surface area contributed by atoms with E-state index in [1.54, 1.807) is 12.1 Å². The number of hydrogen-bond acceptors (Lipinski definition) is 2. The van der Waals surface area contributed by atoms with Crippen molar-refractivity contribution in [1.29, 1.82) is 0 Å². The molecule has 2 nitrogen and oxygen atoms in total. The van der Waals surface area contributed by atoms with Crippen molar-refractivity contribution in [3.63, 3.8) is 0 Å². The van der Waals surface area contributed by atoms with Crippen LogP contribution in [0.5, 0.6) is 5.75 Å². The fourth-order valence-corrected chi connectivity index (χ4v) is 2.20. The highest BCUT2D eigenvalue weighted by molar-refractivity contribution is 5.91. The topological polar surface area (TPSA) is 26.3 Å². The highest BCUT2D eigenvalue weighted by Gasteiger charge is 2.08. The van der Waals surface area contributed by atoms with Crippen LogP contribution in [0.1, 0.15) is 43.6 Å². The third-order valence-electron chi connectivity index (χ3n) is 3.46. The molecule has 0 aliphatic rings. The SMILES string of the molecule is CC.CC.Cc1ccc(C(=O)Oc2ccc(-c3ccccc3)cc2)cc1. The van der Waals surface area contributed by atoms with Gasteiger partial charge in [-0.05, 0) is 42.3 Å². The van der Waals surface area contributed by atoms with Gasteiger partial charge in [-0.2, -0.15) is 0 Å². The van der Waals surface area contributed by atoms with Gasteiger partial charge in [0.05, 0.1) is 5.56 Å². The average molecular weight is 348 g/mol. The largest absolute Gasteiger partial charge is 0.423 e. The summed E-state index contributed by atoms with van der Waals surface area (Å²) in [6.45, 7) is 9.98. The van der Waals surface area contributed by atoms with E-state index in [9.17, 15) is 4.79 Å². The molecule has 3 rings (SSSR count). The number of carbonyl (C=O) groups excluding carboxylic acids is 1. The first kappa shape index (κ1) is 21.2. The van der Waals surface area contributed by atoms with Gasteiger partial charge in [0, 0.05) is 0 Å². The van der Waals surface area contributed by atoms with Gasteiger partial charge in [-0.25, -0.2) is 4.79 Å². The smallest absolute Gasteiger partial charge is 0.343 e. The molecule has 0 heterocycles. The molecule has 3 aromatic rings. The normalized spacial score (nSPS) is 9.12. The summed E-state index contributed by atoms with van der Waals surface area (Å²) in [5, 5.41) is 0. The van der Waals surface area contributed by atoms with Gasteiger partial charge in [0.1, 0.15) is 5.75 Å². The first-order valence-corrected chi connectivity index (χ1v) is 9.17. The fraction of sp³-hybridized carbons (Fsp3) is 0.208. The zero-order chi connectivity index (χ0) is 19.4. The van der Waals surface area contributed by atoms with Crippen LogP contribution in [-0.2, 0) is 0 Å². The van der Waals surface area contributed by atoms with Gasteiger partial charge in [0.15, 0.2) is 0 Å². The molecule has 0 unspecified atom stereocenters. The van der Waals surface area contributed by atoms with Crippen LogP contribution in [0.3, 0.4) is 0 Å². The lowest BCUT2D eigenvalue weighted by atomic mass is 10.1. The molecule has 0 N–H and O–H groups in total. The maximum Gasteiger partial charge on any atom is 0.343 e. The second kappa shape index (κ2) is 11.6. The Bertz CT molecular complexity index is 758. The number of esters is 1. The Hall–Kier alpha value is -2.87. The molecule has 0 amide bonds. The molecule has 0 aliphatic carbocycles. The van der Waals surface area contributed by atoms with E-state index in [1.165, 1.54) is 0 Å². The van der Waals surface area contributed by atoms with Crippen LogP contribution < -0.4 is 4.74 Å². The molecule has 0 aromatic heterocycles. The Labute approximate surface area is 157 Å². The molecular formula is C24H28O2. The fourth-order valence-electron chi connectivity index (χ4n) is 2.20. The number of carbonyl (C=O) groups is 1. The zero-order valence-electron chi connectivity index (χ0n) is 16.3. The van der Waals surface area contributed by atoms with E-state index in [1.807, 2.05) is 101 Å². The van der Waals surface area contributed by atoms with E-state index in [0.717, 1.165) is 16.7 Å². The maximum absolute atomic E-state index is 12.1. The predicted molar refractivity (Wildman–Crippen MR) is 111 cm³/mol. The van der Waals surface area contributed by atoms with Crippen molar-refractivity contribution in [2.24, 2.45) is 0 Å². The van der Waals surface area contributed by atoms with Crippen LogP contribution in [0.2, 0.25) is 0 Å². The van der Waals surface area contributed by atoms with Crippen LogP contribution in [0.25, 0.3) is 11.1 Å². The minimum atomic E-state index is -0.340. The van der Waals surface area contributed by atoms with Crippen molar-refractivity contribution in [2.45, 2.75) is 34.6 Å². The summed E-state index contributed by atoms with van der Waals surface area (Å²) < 4.78 is 5.39. The predicted octanol–water partition coefficient (Wildman–Crippen LogP) is 6.93. The van der Waals surface area contributed by atoms with Gasteiger partial charge in [-0.15, -0.1) is 0 Å². The lowest BCUT2D eigenvalue weighted by Gasteiger charge is -2.06. The van der Waals surface area contributed by atoms with Crippen molar-refractivity contribution >= 4 is 5.97 Å². The quantitative estimate of drug-likeness (QED) is 0.379. The molecule has 0 saturated heterocycles. The van der Waals surface area contributed by atoms with Crippen LogP contribution in [0.4, 0.5) is 0 Å². The van der Waals surface area contributed by atoms with E-state index >= 15 is 0 Å². The highest BCUT2D eigenvalue weighted by atomic mass is 16.5. The lowest BCUT2D eigenvalue weighted by Crippen LogP contribution is -2.08. The molecule has 0 bridgehead atoms. The number of rotatable bonds is 3. The van der Waals surface area contributed by atoms with Crippen molar-refractivity contribution in [3.05, 3.63) is 90.0 Å². The maximum atomic E-state index is 12.1. The van der Waals surface area contributed by atoms with E-state index in [2.05, 4.69) is 0 Å². The molecule has 0 saturated carbocycles. The molecular weight excluding hydrogens is 320 g/mol. The monoisotopic (exact) mass is 348 g/mol. The Morgan fingerprint density at radius 2 is 1.15 bits per heavy atom. The molecule has 0 radical (unpaired) electrons. The summed E-state index contributed by atoms with van der Waals surface area (Å²) in [4.78, 5) is 12.1. The van der Waals surface area contributed by atoms with Gasteiger partial charge in [-0.1, -0.05) is 87.9 Å². The second-order valence-electron chi connectivity index (χ2n) is 5.15. The molecule has 0 spiro atoms. The van der Waals surface area contributed by atoms with Gasteiger partial charge in [0.25, 0.3) is 0 Å². The minimum absolute atomic E-state index is 0.340. The minimum Gasteiger partial charge on any atom is -0.423 e. The molecule has 0 atom stereocenters. The summed E-state index contributed by atoms with van der Waals surface area (Å²) in [7, 11) is 0. The molecule has 136 valence electrons. The van der Waals surface area contributed by atoms with Crippen LogP contribution in [0, 0.1) is 6.92 Å². The van der Waals surface area contributed by atoms with Crippen molar-refractivity contribution < 1.29 is 9.53 Å². The number of aryl methyl sites for hydroxylation is 1. The molecule has 0 aliphatic heterocycles. The van der Waals surface area contributed by atoms with Crippen LogP contribution in [-0.4, -0.2) is 5.97 Å². The summed E-state index contributed by atoms with van der Waals surface area (Å²) in [5.74, 6) is 0.206. The van der Waals surface area contributed by atoms with Crippen LogP contribution in [0.15, 0.2) is 78.9 Å². The van der Waals surface area contributed by atoms with Gasteiger partial charge in [-0.3, -0.25) is 0 Å². The summed E-state index contributed by atoms with van der Waals surface area (Å²) in [6, 6.07) is 25.0. The summed E-state index contributed by atoms with van der Waals surface area (Å²) in [6.07, 6.45) is 0. The van der Waals surface area contributed by atoms with Crippen molar-refractivity contribution in [1.82, 2.24) is 0 Å². The Morgan fingerprint density at radius 3 is 1.69 bits per heavy atom. The lowest BCUT2D eigenvalue weighted by molar-refractivity contribution is 0.0735. The van der Waals surface area contributed by atoms with Gasteiger partial charge >= 0.3 is 5.97 Å². The Morgan fingerprint density at radius 1 is 0.654 bits per heavy atom. The third-order valence-corrected chi connectivity index (χ3v) is 3.46. The number of benzene rings is 3. The molecule has 0 fully saturated rings. The average Bonchev–Trinajstić information content (AvgIpc) is 2.73. The zero-order valence-corrected chi connectivity index (χ0v) is 16.3. The van der Waals surface area contributed by atoms with Gasteiger partial charge in [0.2, 0.25) is 0 Å². The molecule has 2 heteroatoms. The number of hydrogen-bond donors (Lipinski definition) is 0. The third kappa shape index (κ3) is 6.21. The Balaban J connectivity index is 0.000000791. The molecule has 3 aromatic carbocycles. The summed E-state index contributed by atoms with van der Waals surface area (Å²) >= 11 is 0. The second-order valence-corrected chi connectivity index (χ2v) is 5.15. The van der Waals surface area contributed by atoms with Gasteiger partial charge < -0.3 is 4.74 Å². The first-order chi connectivity index (χ1) is 12.7. The van der Waals surface area contributed by atoms with Crippen molar-refractivity contribution in [2.75, 3.05) is 0 Å².